The fourth-order valence-electron chi connectivity index (χ4n) is 4.70. The minimum Gasteiger partial charge on any atom is -0.378 e. The molecule has 1 N–H and O–H groups in total. The lowest BCUT2D eigenvalue weighted by Crippen LogP contribution is -2.52. The second-order valence-corrected chi connectivity index (χ2v) is 10.8. The zero-order valence-corrected chi connectivity index (χ0v) is 20.6. The summed E-state index contributed by atoms with van der Waals surface area (Å²) in [5, 5.41) is 4.01. The summed E-state index contributed by atoms with van der Waals surface area (Å²) in [6, 6.07) is 8.52. The summed E-state index contributed by atoms with van der Waals surface area (Å²) in [7, 11) is -3.84. The largest absolute Gasteiger partial charge is 0.378 e. The smallest absolute Gasteiger partial charge is 0.269 e. The maximum absolute atomic E-state index is 13.4. The fourth-order valence-corrected chi connectivity index (χ4v) is 6.00. The standard InChI is InChI=1S/C24H30N6O4S/c1-18-4-6-20(7-5-18)35(32,33)30-10-8-21-23(26-17-27-24(21)30)29(19-3-2-9-25-15-19)16-22(31)28-11-13-34-14-12-28/h4-8,10,17,19,25H,2-3,9,11-16H2,1H3/t19-/m1/s1. The Morgan fingerprint density at radius 1 is 1.17 bits per heavy atom. The summed E-state index contributed by atoms with van der Waals surface area (Å²) < 4.78 is 33.4. The van der Waals surface area contributed by atoms with E-state index in [1.165, 1.54) is 16.5 Å². The fraction of sp³-hybridized carbons (Fsp3) is 0.458. The van der Waals surface area contributed by atoms with Crippen molar-refractivity contribution in [3.63, 3.8) is 0 Å². The van der Waals surface area contributed by atoms with Gasteiger partial charge in [-0.3, -0.25) is 4.79 Å². The number of aromatic nitrogens is 3. The van der Waals surface area contributed by atoms with E-state index in [0.717, 1.165) is 31.5 Å². The molecule has 1 aromatic carbocycles. The molecule has 2 fully saturated rings. The highest BCUT2D eigenvalue weighted by Gasteiger charge is 2.30. The van der Waals surface area contributed by atoms with Crippen LogP contribution in [0.3, 0.4) is 0 Å². The molecule has 0 bridgehead atoms. The minimum atomic E-state index is -3.84. The van der Waals surface area contributed by atoms with Crippen LogP contribution in [-0.2, 0) is 19.6 Å². The van der Waals surface area contributed by atoms with Gasteiger partial charge in [-0.1, -0.05) is 17.7 Å². The second-order valence-electron chi connectivity index (χ2n) is 8.99. The van der Waals surface area contributed by atoms with Crippen molar-refractivity contribution in [2.75, 3.05) is 50.8 Å². The van der Waals surface area contributed by atoms with Crippen LogP contribution in [0.5, 0.6) is 0 Å². The summed E-state index contributed by atoms with van der Waals surface area (Å²) in [4.78, 5) is 26.1. The van der Waals surface area contributed by atoms with Crippen molar-refractivity contribution < 1.29 is 17.9 Å². The first-order valence-corrected chi connectivity index (χ1v) is 13.4. The van der Waals surface area contributed by atoms with E-state index < -0.39 is 10.0 Å². The number of hydrogen-bond donors (Lipinski definition) is 1. The van der Waals surface area contributed by atoms with E-state index in [4.69, 9.17) is 4.74 Å². The summed E-state index contributed by atoms with van der Waals surface area (Å²) in [6.45, 7) is 5.95. The number of benzene rings is 1. The van der Waals surface area contributed by atoms with Gasteiger partial charge in [0, 0.05) is 31.9 Å². The highest BCUT2D eigenvalue weighted by molar-refractivity contribution is 7.90. The first-order chi connectivity index (χ1) is 16.9. The molecule has 0 saturated carbocycles. The SMILES string of the molecule is Cc1ccc(S(=O)(=O)n2ccc3c(N(CC(=O)N4CCOCC4)[C@@H]4CCCNC4)ncnc32)cc1. The van der Waals surface area contributed by atoms with Crippen LogP contribution in [0.1, 0.15) is 18.4 Å². The first-order valence-electron chi connectivity index (χ1n) is 11.9. The number of hydrogen-bond acceptors (Lipinski definition) is 8. The van der Waals surface area contributed by atoms with Gasteiger partial charge < -0.3 is 19.9 Å². The number of piperidine rings is 1. The average Bonchev–Trinajstić information content (AvgIpc) is 3.34. The molecule has 0 unspecified atom stereocenters. The van der Waals surface area contributed by atoms with E-state index in [0.29, 0.717) is 43.2 Å². The number of carbonyl (C=O) groups is 1. The first kappa shape index (κ1) is 23.7. The molecule has 35 heavy (non-hydrogen) atoms. The molecule has 0 aliphatic carbocycles. The number of carbonyl (C=O) groups excluding carboxylic acids is 1. The lowest BCUT2D eigenvalue weighted by molar-refractivity contribution is -0.133. The van der Waals surface area contributed by atoms with Gasteiger partial charge >= 0.3 is 0 Å². The van der Waals surface area contributed by atoms with E-state index in [-0.39, 0.29) is 23.4 Å². The van der Waals surface area contributed by atoms with Crippen LogP contribution in [-0.4, -0.2) is 85.1 Å². The lowest BCUT2D eigenvalue weighted by Gasteiger charge is -2.37. The highest BCUT2D eigenvalue weighted by Crippen LogP contribution is 2.29. The summed E-state index contributed by atoms with van der Waals surface area (Å²) in [6.07, 6.45) is 4.79. The van der Waals surface area contributed by atoms with Crippen molar-refractivity contribution >= 4 is 32.8 Å². The molecule has 10 nitrogen and oxygen atoms in total. The van der Waals surface area contributed by atoms with Crippen LogP contribution in [0, 0.1) is 6.92 Å². The van der Waals surface area contributed by atoms with Gasteiger partial charge in [0.25, 0.3) is 10.0 Å². The lowest BCUT2D eigenvalue weighted by atomic mass is 10.1. The number of amides is 1. The Balaban J connectivity index is 1.53. The van der Waals surface area contributed by atoms with Crippen molar-refractivity contribution in [1.82, 2.24) is 24.2 Å². The van der Waals surface area contributed by atoms with Crippen LogP contribution in [0.4, 0.5) is 5.82 Å². The minimum absolute atomic E-state index is 0.0114. The van der Waals surface area contributed by atoms with Gasteiger partial charge in [0.15, 0.2) is 5.65 Å². The normalized spacial score (nSPS) is 19.1. The molecule has 3 aromatic rings. The Morgan fingerprint density at radius 3 is 2.66 bits per heavy atom. The molecule has 2 saturated heterocycles. The second kappa shape index (κ2) is 9.92. The number of ether oxygens (including phenoxy) is 1. The molecular weight excluding hydrogens is 468 g/mol. The third kappa shape index (κ3) is 4.75. The molecular formula is C24H30N6O4S. The van der Waals surface area contributed by atoms with Crippen LogP contribution < -0.4 is 10.2 Å². The average molecular weight is 499 g/mol. The Labute approximate surface area is 205 Å². The number of rotatable bonds is 6. The molecule has 0 spiro atoms. The van der Waals surface area contributed by atoms with Gasteiger partial charge in [-0.25, -0.2) is 22.4 Å². The number of aryl methyl sites for hydroxylation is 1. The molecule has 1 amide bonds. The van der Waals surface area contributed by atoms with E-state index >= 15 is 0 Å². The maximum Gasteiger partial charge on any atom is 0.269 e. The molecule has 5 rings (SSSR count). The number of morpholine rings is 1. The molecule has 2 aliphatic rings. The van der Waals surface area contributed by atoms with Gasteiger partial charge in [-0.05, 0) is 44.5 Å². The Bertz CT molecular complexity index is 1300. The van der Waals surface area contributed by atoms with E-state index in [1.54, 1.807) is 30.3 Å². The maximum atomic E-state index is 13.4. The van der Waals surface area contributed by atoms with Crippen molar-refractivity contribution in [2.24, 2.45) is 0 Å². The van der Waals surface area contributed by atoms with Crippen molar-refractivity contribution in [1.29, 1.82) is 0 Å². The molecule has 11 heteroatoms. The Kier molecular flexibility index (Phi) is 6.72. The Hall–Kier alpha value is -3.02. The van der Waals surface area contributed by atoms with Crippen molar-refractivity contribution in [2.45, 2.75) is 30.7 Å². The molecule has 1 atom stereocenters. The predicted molar refractivity (Wildman–Crippen MR) is 132 cm³/mol. The third-order valence-corrected chi connectivity index (χ3v) is 8.34. The van der Waals surface area contributed by atoms with Gasteiger partial charge in [0.2, 0.25) is 5.91 Å². The zero-order chi connectivity index (χ0) is 24.4. The van der Waals surface area contributed by atoms with Crippen molar-refractivity contribution in [3.8, 4) is 0 Å². The van der Waals surface area contributed by atoms with Crippen molar-refractivity contribution in [3.05, 3.63) is 48.4 Å². The summed E-state index contributed by atoms with van der Waals surface area (Å²) in [5.41, 5.74) is 1.27. The molecule has 4 heterocycles. The van der Waals surface area contributed by atoms with E-state index in [1.807, 2.05) is 16.7 Å². The van der Waals surface area contributed by atoms with E-state index in [9.17, 15) is 13.2 Å². The number of anilines is 1. The number of nitrogens with zero attached hydrogens (tertiary/aromatic N) is 5. The van der Waals surface area contributed by atoms with Gasteiger partial charge in [0.1, 0.15) is 12.1 Å². The quantitative estimate of drug-likeness (QED) is 0.543. The number of fused-ring (bicyclic) bond motifs is 1. The molecule has 2 aromatic heterocycles. The molecule has 2 aliphatic heterocycles. The predicted octanol–water partition coefficient (Wildman–Crippen LogP) is 1.39. The van der Waals surface area contributed by atoms with Gasteiger partial charge in [-0.15, -0.1) is 0 Å². The monoisotopic (exact) mass is 498 g/mol. The Morgan fingerprint density at radius 2 is 1.94 bits per heavy atom. The van der Waals surface area contributed by atoms with Gasteiger partial charge in [-0.2, -0.15) is 0 Å². The summed E-state index contributed by atoms with van der Waals surface area (Å²) in [5.74, 6) is 0.584. The zero-order valence-electron chi connectivity index (χ0n) is 19.8. The van der Waals surface area contributed by atoms with E-state index in [2.05, 4.69) is 15.3 Å². The molecule has 0 radical (unpaired) electrons. The molecule has 186 valence electrons. The topological polar surface area (TPSA) is 110 Å². The van der Waals surface area contributed by atoms with Crippen LogP contribution in [0.25, 0.3) is 11.0 Å². The third-order valence-electron chi connectivity index (χ3n) is 6.66. The van der Waals surface area contributed by atoms with Gasteiger partial charge in [0.05, 0.1) is 30.0 Å². The highest BCUT2D eigenvalue weighted by atomic mass is 32.2. The number of nitrogens with one attached hydrogen (secondary N) is 1. The van der Waals surface area contributed by atoms with Crippen LogP contribution >= 0.6 is 0 Å². The van der Waals surface area contributed by atoms with Crippen LogP contribution in [0.15, 0.2) is 47.8 Å². The summed E-state index contributed by atoms with van der Waals surface area (Å²) >= 11 is 0. The van der Waals surface area contributed by atoms with Crippen LogP contribution in [0.2, 0.25) is 0 Å².